The second-order valence-corrected chi connectivity index (χ2v) is 4.60. The molecule has 0 atom stereocenters. The molecule has 0 spiro atoms. The summed E-state index contributed by atoms with van der Waals surface area (Å²) in [5.41, 5.74) is 3.07. The van der Waals surface area contributed by atoms with Gasteiger partial charge in [0.2, 0.25) is 0 Å². The van der Waals surface area contributed by atoms with Crippen LogP contribution in [-0.4, -0.2) is 5.78 Å². The Morgan fingerprint density at radius 3 is 1.86 bits per heavy atom. The molecule has 0 saturated heterocycles. The van der Waals surface area contributed by atoms with Crippen molar-refractivity contribution in [1.29, 1.82) is 10.5 Å². The quantitative estimate of drug-likeness (QED) is 0.632. The van der Waals surface area contributed by atoms with Crippen LogP contribution < -0.4 is 0 Å². The number of aryl methyl sites for hydroxylation is 1. The Kier molecular flexibility index (Phi) is 4.29. The molecular formula is C18H12N2O. The molecule has 0 aliphatic heterocycles. The van der Waals surface area contributed by atoms with E-state index in [9.17, 15) is 4.79 Å². The predicted molar refractivity (Wildman–Crippen MR) is 80.3 cm³/mol. The number of benzene rings is 2. The molecule has 0 amide bonds. The second-order valence-electron chi connectivity index (χ2n) is 4.60. The summed E-state index contributed by atoms with van der Waals surface area (Å²) in [5, 5.41) is 17.4. The minimum atomic E-state index is -0.0497. The second kappa shape index (κ2) is 6.32. The highest BCUT2D eigenvalue weighted by molar-refractivity contribution is 6.09. The van der Waals surface area contributed by atoms with Gasteiger partial charge in [0.25, 0.3) is 0 Å². The molecule has 0 N–H and O–H groups in total. The lowest BCUT2D eigenvalue weighted by atomic mass is 10.0. The van der Waals surface area contributed by atoms with Gasteiger partial charge in [-0.25, -0.2) is 0 Å². The summed E-state index contributed by atoms with van der Waals surface area (Å²) in [6, 6.07) is 17.8. The Morgan fingerprint density at radius 1 is 0.905 bits per heavy atom. The average Bonchev–Trinajstić information content (AvgIpc) is 2.53. The number of carbonyl (C=O) groups excluding carboxylic acids is 1. The first-order valence-electron chi connectivity index (χ1n) is 6.37. The maximum atomic E-state index is 12.3. The Balaban J connectivity index is 2.26. The topological polar surface area (TPSA) is 64.7 Å². The van der Waals surface area contributed by atoms with Gasteiger partial charge in [0.1, 0.15) is 17.7 Å². The molecule has 2 rings (SSSR count). The summed E-state index contributed by atoms with van der Waals surface area (Å²) in [5.74, 6) is -0.0497. The van der Waals surface area contributed by atoms with E-state index in [1.807, 2.05) is 19.1 Å². The van der Waals surface area contributed by atoms with Crippen molar-refractivity contribution in [1.82, 2.24) is 0 Å². The van der Waals surface area contributed by atoms with Gasteiger partial charge in [-0.3, -0.25) is 4.79 Å². The lowest BCUT2D eigenvalue weighted by molar-refractivity contribution is 0.103. The minimum Gasteiger partial charge on any atom is -0.289 e. The van der Waals surface area contributed by atoms with Gasteiger partial charge in [0.15, 0.2) is 5.78 Å². The molecule has 2 aromatic carbocycles. The lowest BCUT2D eigenvalue weighted by Crippen LogP contribution is -2.00. The third-order valence-corrected chi connectivity index (χ3v) is 3.04. The molecule has 0 bridgehead atoms. The number of allylic oxidation sites excluding steroid dienone is 1. The Labute approximate surface area is 123 Å². The Morgan fingerprint density at radius 2 is 1.38 bits per heavy atom. The van der Waals surface area contributed by atoms with Crippen LogP contribution in [0, 0.1) is 29.6 Å². The van der Waals surface area contributed by atoms with Crippen molar-refractivity contribution in [2.45, 2.75) is 6.92 Å². The zero-order valence-corrected chi connectivity index (χ0v) is 11.5. The fraction of sp³-hybridized carbons (Fsp3) is 0.0556. The third-order valence-electron chi connectivity index (χ3n) is 3.04. The molecule has 0 unspecified atom stereocenters. The van der Waals surface area contributed by atoms with Crippen molar-refractivity contribution in [3.05, 3.63) is 76.4 Å². The number of hydrogen-bond acceptors (Lipinski definition) is 3. The summed E-state index contributed by atoms with van der Waals surface area (Å²) in [7, 11) is 0. The predicted octanol–water partition coefficient (Wildman–Crippen LogP) is 3.66. The molecule has 0 aliphatic carbocycles. The fourth-order valence-corrected chi connectivity index (χ4v) is 1.86. The van der Waals surface area contributed by atoms with Crippen molar-refractivity contribution in [2.24, 2.45) is 0 Å². The molecule has 2 aromatic rings. The van der Waals surface area contributed by atoms with Gasteiger partial charge in [0.05, 0.1) is 0 Å². The van der Waals surface area contributed by atoms with Crippen LogP contribution in [0.15, 0.2) is 54.1 Å². The number of carbonyl (C=O) groups is 1. The molecule has 0 aromatic heterocycles. The number of nitriles is 2. The molecule has 0 fully saturated rings. The van der Waals surface area contributed by atoms with E-state index in [0.29, 0.717) is 16.7 Å². The highest BCUT2D eigenvalue weighted by Crippen LogP contribution is 2.13. The highest BCUT2D eigenvalue weighted by Gasteiger charge is 2.08. The van der Waals surface area contributed by atoms with E-state index in [1.165, 1.54) is 6.08 Å². The summed E-state index contributed by atoms with van der Waals surface area (Å²) >= 11 is 0. The number of rotatable bonds is 3. The van der Waals surface area contributed by atoms with Crippen molar-refractivity contribution >= 4 is 11.9 Å². The number of ketones is 1. The molecule has 100 valence electrons. The van der Waals surface area contributed by atoms with Gasteiger partial charge in [-0.15, -0.1) is 0 Å². The van der Waals surface area contributed by atoms with Crippen molar-refractivity contribution in [3.8, 4) is 12.1 Å². The van der Waals surface area contributed by atoms with E-state index in [0.717, 1.165) is 5.56 Å². The molecule has 3 heteroatoms. The van der Waals surface area contributed by atoms with Gasteiger partial charge in [-0.2, -0.15) is 10.5 Å². The smallest absolute Gasteiger partial charge is 0.193 e. The SMILES string of the molecule is Cc1ccc(C(=O)c2ccc(C=C(C#N)C#N)cc2)cc1. The molecule has 0 saturated carbocycles. The van der Waals surface area contributed by atoms with E-state index in [-0.39, 0.29) is 11.4 Å². The number of hydrogen-bond donors (Lipinski definition) is 0. The van der Waals surface area contributed by atoms with Crippen LogP contribution in [0.1, 0.15) is 27.0 Å². The van der Waals surface area contributed by atoms with Gasteiger partial charge in [0, 0.05) is 11.1 Å². The summed E-state index contributed by atoms with van der Waals surface area (Å²) in [4.78, 5) is 12.3. The number of nitrogens with zero attached hydrogens (tertiary/aromatic N) is 2. The first kappa shape index (κ1) is 14.2. The van der Waals surface area contributed by atoms with Crippen molar-refractivity contribution in [2.75, 3.05) is 0 Å². The van der Waals surface area contributed by atoms with E-state index in [2.05, 4.69) is 0 Å². The first-order valence-corrected chi connectivity index (χ1v) is 6.37. The lowest BCUT2D eigenvalue weighted by Gasteiger charge is -2.02. The first-order chi connectivity index (χ1) is 10.1. The largest absolute Gasteiger partial charge is 0.289 e. The van der Waals surface area contributed by atoms with E-state index in [1.54, 1.807) is 48.5 Å². The van der Waals surface area contributed by atoms with Crippen molar-refractivity contribution < 1.29 is 4.79 Å². The molecule has 0 aliphatic rings. The zero-order valence-electron chi connectivity index (χ0n) is 11.5. The zero-order chi connectivity index (χ0) is 15.2. The van der Waals surface area contributed by atoms with Crippen LogP contribution in [-0.2, 0) is 0 Å². The van der Waals surface area contributed by atoms with Crippen LogP contribution in [0.4, 0.5) is 0 Å². The van der Waals surface area contributed by atoms with E-state index >= 15 is 0 Å². The van der Waals surface area contributed by atoms with Gasteiger partial charge in [-0.1, -0.05) is 54.1 Å². The van der Waals surface area contributed by atoms with Crippen LogP contribution in [0.3, 0.4) is 0 Å². The van der Waals surface area contributed by atoms with Crippen LogP contribution >= 0.6 is 0 Å². The highest BCUT2D eigenvalue weighted by atomic mass is 16.1. The maximum absolute atomic E-state index is 12.3. The molecule has 0 radical (unpaired) electrons. The summed E-state index contributed by atoms with van der Waals surface area (Å²) in [6.07, 6.45) is 1.49. The van der Waals surface area contributed by atoms with Gasteiger partial charge >= 0.3 is 0 Å². The summed E-state index contributed by atoms with van der Waals surface area (Å²) < 4.78 is 0. The summed E-state index contributed by atoms with van der Waals surface area (Å²) in [6.45, 7) is 1.97. The Hall–Kier alpha value is -3.17. The van der Waals surface area contributed by atoms with Crippen LogP contribution in [0.5, 0.6) is 0 Å². The third kappa shape index (κ3) is 3.43. The molecule has 3 nitrogen and oxygen atoms in total. The molecular weight excluding hydrogens is 260 g/mol. The van der Waals surface area contributed by atoms with E-state index in [4.69, 9.17) is 10.5 Å². The fourth-order valence-electron chi connectivity index (χ4n) is 1.86. The minimum absolute atomic E-state index is 0.0348. The van der Waals surface area contributed by atoms with Crippen LogP contribution in [0.25, 0.3) is 6.08 Å². The maximum Gasteiger partial charge on any atom is 0.193 e. The van der Waals surface area contributed by atoms with Gasteiger partial charge < -0.3 is 0 Å². The molecule has 21 heavy (non-hydrogen) atoms. The monoisotopic (exact) mass is 272 g/mol. The molecule has 0 heterocycles. The average molecular weight is 272 g/mol. The van der Waals surface area contributed by atoms with E-state index < -0.39 is 0 Å². The van der Waals surface area contributed by atoms with Crippen LogP contribution in [0.2, 0.25) is 0 Å². The normalized spacial score (nSPS) is 9.29. The van der Waals surface area contributed by atoms with Crippen molar-refractivity contribution in [3.63, 3.8) is 0 Å². The van der Waals surface area contributed by atoms with Gasteiger partial charge in [-0.05, 0) is 18.6 Å². The standard InChI is InChI=1S/C18H12N2O/c1-13-2-6-16(7-3-13)18(21)17-8-4-14(5-9-17)10-15(11-19)12-20/h2-10H,1H3. The Bertz CT molecular complexity index is 754.